The number of hydrogen-bond donors (Lipinski definition) is 2. The van der Waals surface area contributed by atoms with Crippen molar-refractivity contribution in [1.29, 1.82) is 0 Å². The quantitative estimate of drug-likeness (QED) is 0.784. The van der Waals surface area contributed by atoms with Gasteiger partial charge in [-0.25, -0.2) is 0 Å². The van der Waals surface area contributed by atoms with Crippen LogP contribution in [0.25, 0.3) is 0 Å². The van der Waals surface area contributed by atoms with E-state index in [4.69, 9.17) is 0 Å². The average molecular weight is 295 g/mol. The maximum atomic E-state index is 4.04. The second-order valence-electron chi connectivity index (χ2n) is 10.8. The Balaban J connectivity index is 2.03. The van der Waals surface area contributed by atoms with E-state index in [-0.39, 0.29) is 11.1 Å². The van der Waals surface area contributed by atoms with Crippen molar-refractivity contribution in [2.75, 3.05) is 0 Å². The van der Waals surface area contributed by atoms with Crippen LogP contribution in [0.15, 0.2) is 0 Å². The first-order chi connectivity index (χ1) is 9.28. The van der Waals surface area contributed by atoms with Gasteiger partial charge in [0.1, 0.15) is 0 Å². The van der Waals surface area contributed by atoms with E-state index >= 15 is 0 Å². The Morgan fingerprint density at radius 2 is 1.05 bits per heavy atom. The van der Waals surface area contributed by atoms with Crippen molar-refractivity contribution < 1.29 is 0 Å². The lowest BCUT2D eigenvalue weighted by Gasteiger charge is -2.50. The molecule has 2 N–H and O–H groups in total. The summed E-state index contributed by atoms with van der Waals surface area (Å²) in [4.78, 5) is 0. The first kappa shape index (κ1) is 17.3. The van der Waals surface area contributed by atoms with Crippen LogP contribution in [-0.2, 0) is 0 Å². The fraction of sp³-hybridized carbons (Fsp3) is 1.00. The minimum atomic E-state index is 0.235. The highest BCUT2D eigenvalue weighted by Crippen LogP contribution is 2.46. The Morgan fingerprint density at radius 3 is 1.48 bits per heavy atom. The van der Waals surface area contributed by atoms with E-state index in [2.05, 4.69) is 66.0 Å². The Labute approximate surface area is 132 Å². The summed E-state index contributed by atoms with van der Waals surface area (Å²) in [6, 6.07) is 1.32. The lowest BCUT2D eigenvalue weighted by atomic mass is 9.63. The van der Waals surface area contributed by atoms with Crippen LogP contribution in [0, 0.1) is 10.8 Å². The number of piperidine rings is 1. The van der Waals surface area contributed by atoms with Gasteiger partial charge in [0, 0.05) is 23.2 Å². The largest absolute Gasteiger partial charge is 0.311 e. The molecule has 2 aliphatic rings. The second-order valence-corrected chi connectivity index (χ2v) is 10.8. The molecule has 0 spiro atoms. The molecule has 21 heavy (non-hydrogen) atoms. The molecule has 0 aromatic rings. The molecule has 2 fully saturated rings. The van der Waals surface area contributed by atoms with E-state index in [0.29, 0.717) is 22.9 Å². The van der Waals surface area contributed by atoms with Crippen molar-refractivity contribution in [2.45, 2.75) is 111 Å². The molecule has 1 heterocycles. The summed E-state index contributed by atoms with van der Waals surface area (Å²) in [5.74, 6) is 0. The molecule has 2 rings (SSSR count). The van der Waals surface area contributed by atoms with Crippen molar-refractivity contribution >= 4 is 0 Å². The molecule has 1 saturated carbocycles. The van der Waals surface area contributed by atoms with Crippen LogP contribution in [0.4, 0.5) is 0 Å². The molecule has 0 aromatic heterocycles. The highest BCUT2D eigenvalue weighted by Gasteiger charge is 2.42. The van der Waals surface area contributed by atoms with Crippen molar-refractivity contribution in [1.82, 2.24) is 10.6 Å². The molecule has 2 nitrogen and oxygen atoms in total. The third-order valence-electron chi connectivity index (χ3n) is 5.22. The van der Waals surface area contributed by atoms with E-state index in [1.807, 2.05) is 0 Å². The first-order valence-corrected chi connectivity index (χ1v) is 8.83. The maximum absolute atomic E-state index is 4.04. The van der Waals surface area contributed by atoms with Crippen molar-refractivity contribution in [3.63, 3.8) is 0 Å². The van der Waals surface area contributed by atoms with Crippen LogP contribution >= 0.6 is 0 Å². The van der Waals surface area contributed by atoms with Crippen LogP contribution in [0.5, 0.6) is 0 Å². The summed E-state index contributed by atoms with van der Waals surface area (Å²) >= 11 is 0. The average Bonchev–Trinajstić information content (AvgIpc) is 2.04. The molecular formula is C19H38N2. The standard InChI is InChI=1S/C19H38N2/c1-16(2)9-14(10-17(3,4)13-16)20-15-11-18(5,6)21-19(7,8)12-15/h14-15,20-21H,9-13H2,1-8H3. The third kappa shape index (κ3) is 4.96. The van der Waals surface area contributed by atoms with Gasteiger partial charge in [0.2, 0.25) is 0 Å². The van der Waals surface area contributed by atoms with Gasteiger partial charge in [-0.3, -0.25) is 0 Å². The van der Waals surface area contributed by atoms with Crippen LogP contribution in [0.1, 0.15) is 87.5 Å². The van der Waals surface area contributed by atoms with Gasteiger partial charge in [-0.2, -0.15) is 0 Å². The molecule has 0 aromatic carbocycles. The zero-order valence-corrected chi connectivity index (χ0v) is 15.7. The first-order valence-electron chi connectivity index (χ1n) is 8.83. The summed E-state index contributed by atoms with van der Waals surface area (Å²) < 4.78 is 0. The molecule has 1 aliphatic heterocycles. The van der Waals surface area contributed by atoms with Crippen LogP contribution in [-0.4, -0.2) is 23.2 Å². The fourth-order valence-corrected chi connectivity index (χ4v) is 5.74. The van der Waals surface area contributed by atoms with E-state index in [0.717, 1.165) is 0 Å². The van der Waals surface area contributed by atoms with E-state index in [1.54, 1.807) is 0 Å². The van der Waals surface area contributed by atoms with Gasteiger partial charge in [-0.15, -0.1) is 0 Å². The molecule has 0 atom stereocenters. The normalized spacial score (nSPS) is 32.0. The van der Waals surface area contributed by atoms with Crippen LogP contribution in [0.3, 0.4) is 0 Å². The van der Waals surface area contributed by atoms with Gasteiger partial charge >= 0.3 is 0 Å². The maximum Gasteiger partial charge on any atom is 0.0144 e. The molecule has 0 radical (unpaired) electrons. The van der Waals surface area contributed by atoms with Crippen molar-refractivity contribution in [3.8, 4) is 0 Å². The molecule has 1 aliphatic carbocycles. The van der Waals surface area contributed by atoms with E-state index in [9.17, 15) is 0 Å². The van der Waals surface area contributed by atoms with Crippen LogP contribution in [0.2, 0.25) is 0 Å². The summed E-state index contributed by atoms with van der Waals surface area (Å²) in [5, 5.41) is 7.83. The predicted molar refractivity (Wildman–Crippen MR) is 92.7 cm³/mol. The van der Waals surface area contributed by atoms with Crippen molar-refractivity contribution in [2.24, 2.45) is 10.8 Å². The van der Waals surface area contributed by atoms with Gasteiger partial charge in [-0.1, -0.05) is 27.7 Å². The molecule has 2 heteroatoms. The Hall–Kier alpha value is -0.0800. The summed E-state index contributed by atoms with van der Waals surface area (Å²) in [5.41, 5.74) is 1.41. The second kappa shape index (κ2) is 5.23. The van der Waals surface area contributed by atoms with Gasteiger partial charge in [0.25, 0.3) is 0 Å². The minimum Gasteiger partial charge on any atom is -0.311 e. The minimum absolute atomic E-state index is 0.235. The smallest absolute Gasteiger partial charge is 0.0144 e. The summed E-state index contributed by atoms with van der Waals surface area (Å²) in [7, 11) is 0. The Bertz CT molecular complexity index is 311. The Kier molecular flexibility index (Phi) is 4.30. The van der Waals surface area contributed by atoms with Gasteiger partial charge in [-0.05, 0) is 70.6 Å². The Morgan fingerprint density at radius 1 is 0.667 bits per heavy atom. The van der Waals surface area contributed by atoms with E-state index in [1.165, 1.54) is 32.1 Å². The van der Waals surface area contributed by atoms with Gasteiger partial charge in [0.15, 0.2) is 0 Å². The predicted octanol–water partition coefficient (Wildman–Crippen LogP) is 4.49. The van der Waals surface area contributed by atoms with E-state index < -0.39 is 0 Å². The van der Waals surface area contributed by atoms with Gasteiger partial charge < -0.3 is 10.6 Å². The summed E-state index contributed by atoms with van der Waals surface area (Å²) in [6.07, 6.45) is 6.45. The zero-order chi connectivity index (χ0) is 16.1. The van der Waals surface area contributed by atoms with Crippen LogP contribution < -0.4 is 10.6 Å². The van der Waals surface area contributed by atoms with Gasteiger partial charge in [0.05, 0.1) is 0 Å². The SMILES string of the molecule is CC1(C)CC(NC2CC(C)(C)NC(C)(C)C2)CC(C)(C)C1. The van der Waals surface area contributed by atoms with Crippen molar-refractivity contribution in [3.05, 3.63) is 0 Å². The monoisotopic (exact) mass is 294 g/mol. The number of nitrogens with one attached hydrogen (secondary N) is 2. The number of hydrogen-bond acceptors (Lipinski definition) is 2. The topological polar surface area (TPSA) is 24.1 Å². The molecular weight excluding hydrogens is 256 g/mol. The molecule has 1 saturated heterocycles. The highest BCUT2D eigenvalue weighted by molar-refractivity contribution is 5.01. The lowest BCUT2D eigenvalue weighted by molar-refractivity contribution is 0.0654. The molecule has 0 amide bonds. The lowest BCUT2D eigenvalue weighted by Crippen LogP contribution is -2.63. The highest BCUT2D eigenvalue weighted by atomic mass is 15.1. The fourth-order valence-electron chi connectivity index (χ4n) is 5.74. The summed E-state index contributed by atoms with van der Waals surface area (Å²) in [6.45, 7) is 19.2. The number of rotatable bonds is 2. The molecule has 124 valence electrons. The third-order valence-corrected chi connectivity index (χ3v) is 5.22. The molecule has 0 bridgehead atoms. The molecule has 0 unspecified atom stereocenters. The zero-order valence-electron chi connectivity index (χ0n) is 15.7.